The second kappa shape index (κ2) is 11.1. The van der Waals surface area contributed by atoms with Crippen LogP contribution in [-0.4, -0.2) is 42.3 Å². The van der Waals surface area contributed by atoms with Crippen molar-refractivity contribution in [3.63, 3.8) is 0 Å². The van der Waals surface area contributed by atoms with Gasteiger partial charge in [-0.15, -0.1) is 0 Å². The predicted molar refractivity (Wildman–Crippen MR) is 59.1 cm³/mol. The van der Waals surface area contributed by atoms with Crippen LogP contribution in [0.25, 0.3) is 0 Å². The number of hydrogen-bond donors (Lipinski definition) is 0. The van der Waals surface area contributed by atoms with Crippen molar-refractivity contribution >= 4 is 23.1 Å². The number of ketones is 4. The van der Waals surface area contributed by atoms with Crippen LogP contribution in [0.5, 0.6) is 0 Å². The summed E-state index contributed by atoms with van der Waals surface area (Å²) in [6.07, 6.45) is 2.56. The standard InChI is InChI=1S/2C5H7O2.Os/c2*1-4(6)3-5(2)7;/h2*3H,1-2H3;/q2*-1;/p+4. The summed E-state index contributed by atoms with van der Waals surface area (Å²) in [5, 5.41) is 0. The first-order valence-corrected chi connectivity index (χ1v) is 4.05. The predicted octanol–water partition coefficient (Wildman–Crippen LogP) is 0.638. The quantitative estimate of drug-likeness (QED) is 0.382. The van der Waals surface area contributed by atoms with E-state index < -0.39 is 0 Å². The van der Waals surface area contributed by atoms with Gasteiger partial charge in [0.15, 0.2) is 23.1 Å². The molecule has 0 rings (SSSR count). The van der Waals surface area contributed by atoms with Gasteiger partial charge in [0.25, 0.3) is 0 Å². The van der Waals surface area contributed by atoms with Gasteiger partial charge in [-0.05, 0) is 0 Å². The van der Waals surface area contributed by atoms with Gasteiger partial charge < -0.3 is 19.2 Å². The van der Waals surface area contributed by atoms with Gasteiger partial charge in [-0.25, -0.2) is 0 Å². The minimum Gasteiger partial charge on any atom is -0.316 e. The third-order valence-corrected chi connectivity index (χ3v) is 0.836. The van der Waals surface area contributed by atoms with Gasteiger partial charge in [0, 0.05) is 47.5 Å². The van der Waals surface area contributed by atoms with Crippen molar-refractivity contribution < 1.29 is 39.0 Å². The molecule has 0 fully saturated rings. The van der Waals surface area contributed by atoms with Crippen LogP contribution in [0.4, 0.5) is 0 Å². The Hall–Kier alpha value is -0.944. The minimum absolute atomic E-state index is 0. The zero-order chi connectivity index (χ0) is 11.7. The van der Waals surface area contributed by atoms with Gasteiger partial charge in [0.05, 0.1) is 0 Å². The third-order valence-electron chi connectivity index (χ3n) is 0.836. The van der Waals surface area contributed by atoms with Crippen LogP contribution in [0.15, 0.2) is 0 Å². The summed E-state index contributed by atoms with van der Waals surface area (Å²) in [6.45, 7) is 6.00. The molecule has 0 saturated carbocycles. The molecular weight excluding hydrogens is 374 g/mol. The molecule has 4 N–H and O–H groups in total. The van der Waals surface area contributed by atoms with Crippen molar-refractivity contribution in [3.8, 4) is 0 Å². The molecule has 0 aromatic heterocycles. The van der Waals surface area contributed by atoms with Crippen molar-refractivity contribution in [1.29, 1.82) is 0 Å². The van der Waals surface area contributed by atoms with E-state index in [9.17, 15) is 0 Å². The van der Waals surface area contributed by atoms with Crippen LogP contribution < -0.4 is 0 Å². The number of carbonyl (C=O) groups excluding carboxylic acids is 4. The van der Waals surface area contributed by atoms with Crippen molar-refractivity contribution in [2.75, 3.05) is 0 Å². The fraction of sp³-hybridized carbons (Fsp3) is 0.400. The first-order valence-electron chi connectivity index (χ1n) is 4.05. The molecule has 0 aromatic carbocycles. The summed E-state index contributed by atoms with van der Waals surface area (Å²) in [7, 11) is 0. The maximum absolute atomic E-state index is 8.40. The average molecular weight is 392 g/mol. The molecule has 0 unspecified atom stereocenters. The van der Waals surface area contributed by atoms with Crippen LogP contribution in [0.3, 0.4) is 0 Å². The van der Waals surface area contributed by atoms with Crippen molar-refractivity contribution in [2.45, 2.75) is 27.7 Å². The molecule has 0 amide bonds. The summed E-state index contributed by atoms with van der Waals surface area (Å²) in [5.41, 5.74) is 0. The molecule has 0 bridgehead atoms. The molecule has 0 aliphatic rings. The Morgan fingerprint density at radius 1 is 0.600 bits per heavy atom. The summed E-state index contributed by atoms with van der Waals surface area (Å²) in [5.74, 6) is 0.500. The summed E-state index contributed by atoms with van der Waals surface area (Å²) in [6, 6.07) is 0. The second-order valence-electron chi connectivity index (χ2n) is 2.85. The summed E-state index contributed by atoms with van der Waals surface area (Å²) >= 11 is 0. The Labute approximate surface area is 103 Å². The van der Waals surface area contributed by atoms with E-state index in [4.69, 9.17) is 19.2 Å². The fourth-order valence-corrected chi connectivity index (χ4v) is 0.605. The molecular formula is C10H18O4Os+2. The second-order valence-corrected chi connectivity index (χ2v) is 2.85. The van der Waals surface area contributed by atoms with E-state index in [0.29, 0.717) is 0 Å². The maximum atomic E-state index is 8.40. The van der Waals surface area contributed by atoms with E-state index in [1.54, 1.807) is 0 Å². The zero-order valence-electron chi connectivity index (χ0n) is 9.30. The van der Waals surface area contributed by atoms with Crippen LogP contribution >= 0.6 is 0 Å². The Morgan fingerprint density at radius 3 is 0.733 bits per heavy atom. The Balaban J connectivity index is -0.000000180. The average Bonchev–Trinajstić information content (AvgIpc) is 1.79. The van der Waals surface area contributed by atoms with Gasteiger partial charge in [0.1, 0.15) is 0 Å². The summed E-state index contributed by atoms with van der Waals surface area (Å²) in [4.78, 5) is 33.6. The van der Waals surface area contributed by atoms with Crippen LogP contribution in [0, 0.1) is 12.8 Å². The molecule has 88 valence electrons. The molecule has 0 saturated heterocycles. The van der Waals surface area contributed by atoms with Crippen LogP contribution in [0.2, 0.25) is 0 Å². The molecule has 0 heterocycles. The van der Waals surface area contributed by atoms with Gasteiger partial charge in [-0.2, -0.15) is 12.8 Å². The molecule has 15 heavy (non-hydrogen) atoms. The van der Waals surface area contributed by atoms with E-state index in [2.05, 4.69) is 0 Å². The maximum Gasteiger partial charge on any atom is 0.176 e. The first-order chi connectivity index (χ1) is 6.25. The Kier molecular flexibility index (Phi) is 14.5. The summed E-state index contributed by atoms with van der Waals surface area (Å²) < 4.78 is 0. The molecule has 4 nitrogen and oxygen atoms in total. The number of hydrogen-bond acceptors (Lipinski definition) is 0. The SMILES string of the molecule is CC(=[OH+])[CH-]C(C)=[OH+].CC(=[OH+])[CH-]C(C)=[OH+].[Os]. The van der Waals surface area contributed by atoms with Gasteiger partial charge in [0.2, 0.25) is 0 Å². The molecule has 0 aromatic rings. The topological polar surface area (TPSA) is 85.6 Å². The van der Waals surface area contributed by atoms with Gasteiger partial charge in [-0.1, -0.05) is 0 Å². The van der Waals surface area contributed by atoms with Crippen molar-refractivity contribution in [3.05, 3.63) is 12.8 Å². The fourth-order valence-electron chi connectivity index (χ4n) is 0.605. The Morgan fingerprint density at radius 2 is 0.733 bits per heavy atom. The van der Waals surface area contributed by atoms with Crippen LogP contribution in [-0.2, 0) is 19.8 Å². The van der Waals surface area contributed by atoms with Gasteiger partial charge in [-0.3, -0.25) is 0 Å². The smallest absolute Gasteiger partial charge is 0.176 e. The zero-order valence-corrected chi connectivity index (χ0v) is 11.8. The number of rotatable bonds is 4. The largest absolute Gasteiger partial charge is 0.316 e. The molecule has 5 heteroatoms. The van der Waals surface area contributed by atoms with Crippen molar-refractivity contribution in [1.82, 2.24) is 0 Å². The van der Waals surface area contributed by atoms with E-state index in [1.165, 1.54) is 40.5 Å². The van der Waals surface area contributed by atoms with E-state index in [0.717, 1.165) is 0 Å². The van der Waals surface area contributed by atoms with E-state index >= 15 is 0 Å². The van der Waals surface area contributed by atoms with E-state index in [1.807, 2.05) is 0 Å². The molecule has 0 aliphatic carbocycles. The molecule has 0 radical (unpaired) electrons. The third kappa shape index (κ3) is 32.1. The van der Waals surface area contributed by atoms with Crippen LogP contribution in [0.1, 0.15) is 27.7 Å². The van der Waals surface area contributed by atoms with Crippen molar-refractivity contribution in [2.24, 2.45) is 0 Å². The molecule has 0 spiro atoms. The van der Waals surface area contributed by atoms with E-state index in [-0.39, 0.29) is 42.9 Å². The molecule has 0 atom stereocenters. The monoisotopic (exact) mass is 394 g/mol. The Bertz CT molecular complexity index is 196. The normalized spacial score (nSPS) is 7.20. The minimum atomic E-state index is 0. The van der Waals surface area contributed by atoms with Gasteiger partial charge >= 0.3 is 0 Å². The molecule has 0 aliphatic heterocycles. The first kappa shape index (κ1) is 19.6.